The molecule has 5 nitrogen and oxygen atoms in total. The van der Waals surface area contributed by atoms with E-state index >= 15 is 0 Å². The van der Waals surface area contributed by atoms with Crippen molar-refractivity contribution < 1.29 is 9.21 Å². The maximum atomic E-state index is 12.7. The van der Waals surface area contributed by atoms with Gasteiger partial charge in [-0.15, -0.1) is 21.5 Å². The lowest BCUT2D eigenvalue weighted by molar-refractivity contribution is -0.134. The molecular formula is C17H21N3O2S2. The van der Waals surface area contributed by atoms with Crippen molar-refractivity contribution >= 4 is 29.0 Å². The average molecular weight is 364 g/mol. The zero-order chi connectivity index (χ0) is 16.4. The average Bonchev–Trinajstić information content (AvgIpc) is 3.30. The van der Waals surface area contributed by atoms with Crippen molar-refractivity contribution in [1.29, 1.82) is 0 Å². The highest BCUT2D eigenvalue weighted by Gasteiger charge is 2.35. The molecular weight excluding hydrogens is 342 g/mol. The molecule has 1 saturated heterocycles. The predicted octanol–water partition coefficient (Wildman–Crippen LogP) is 4.07. The second-order valence-electron chi connectivity index (χ2n) is 6.48. The minimum atomic E-state index is 0.215. The van der Waals surface area contributed by atoms with Crippen molar-refractivity contribution in [1.82, 2.24) is 15.1 Å². The Morgan fingerprint density at radius 2 is 2.17 bits per heavy atom. The van der Waals surface area contributed by atoms with E-state index in [0.29, 0.717) is 22.9 Å². The van der Waals surface area contributed by atoms with Crippen LogP contribution >= 0.6 is 23.1 Å². The molecule has 2 unspecified atom stereocenters. The number of carbonyl (C=O) groups excluding carboxylic acids is 1. The number of fused-ring (bicyclic) bond motifs is 1. The van der Waals surface area contributed by atoms with Crippen LogP contribution < -0.4 is 0 Å². The predicted molar refractivity (Wildman–Crippen MR) is 95.0 cm³/mol. The first-order valence-corrected chi connectivity index (χ1v) is 10.5. The van der Waals surface area contributed by atoms with Crippen LogP contribution in [0.25, 0.3) is 10.8 Å². The number of hydrogen-bond acceptors (Lipinski definition) is 6. The van der Waals surface area contributed by atoms with Gasteiger partial charge in [-0.1, -0.05) is 30.7 Å². The number of amides is 1. The van der Waals surface area contributed by atoms with Gasteiger partial charge in [0.1, 0.15) is 0 Å². The molecule has 2 fully saturated rings. The molecule has 1 aliphatic carbocycles. The van der Waals surface area contributed by atoms with Gasteiger partial charge in [-0.3, -0.25) is 4.79 Å². The molecule has 2 atom stereocenters. The molecule has 128 valence electrons. The van der Waals surface area contributed by atoms with Crippen molar-refractivity contribution in [2.24, 2.45) is 5.92 Å². The van der Waals surface area contributed by atoms with Gasteiger partial charge in [-0.25, -0.2) is 0 Å². The van der Waals surface area contributed by atoms with Crippen LogP contribution in [0.2, 0.25) is 0 Å². The number of thioether (sulfide) groups is 1. The van der Waals surface area contributed by atoms with Crippen LogP contribution in [0.3, 0.4) is 0 Å². The summed E-state index contributed by atoms with van der Waals surface area (Å²) < 4.78 is 5.65. The third-order valence-corrected chi connectivity index (χ3v) is 6.68. The van der Waals surface area contributed by atoms with Crippen molar-refractivity contribution in [3.63, 3.8) is 0 Å². The van der Waals surface area contributed by atoms with Crippen LogP contribution in [0, 0.1) is 5.92 Å². The highest BCUT2D eigenvalue weighted by atomic mass is 32.2. The van der Waals surface area contributed by atoms with E-state index < -0.39 is 0 Å². The van der Waals surface area contributed by atoms with Crippen LogP contribution in [-0.4, -0.2) is 39.3 Å². The monoisotopic (exact) mass is 363 g/mol. The summed E-state index contributed by atoms with van der Waals surface area (Å²) in [7, 11) is 0. The molecule has 2 aliphatic rings. The lowest BCUT2D eigenvalue weighted by Crippen LogP contribution is -2.50. The summed E-state index contributed by atoms with van der Waals surface area (Å²) in [6.45, 7) is 0.908. The standard InChI is InChI=1S/C17H21N3O2S2/c21-15(20-9-3-6-12-5-1-2-7-13(12)20)11-24-17-19-18-16(22-17)14-8-4-10-23-14/h4,8,10,12-13H,1-3,5-7,9,11H2. The molecule has 2 aromatic heterocycles. The number of piperidine rings is 1. The van der Waals surface area contributed by atoms with E-state index in [2.05, 4.69) is 15.1 Å². The summed E-state index contributed by atoms with van der Waals surface area (Å²) in [5.41, 5.74) is 0. The van der Waals surface area contributed by atoms with Crippen LogP contribution in [-0.2, 0) is 4.79 Å². The van der Waals surface area contributed by atoms with Crippen molar-refractivity contribution in [3.8, 4) is 10.8 Å². The molecule has 4 rings (SSSR count). The Labute approximate surface area is 149 Å². The van der Waals surface area contributed by atoms with Crippen molar-refractivity contribution in [2.75, 3.05) is 12.3 Å². The summed E-state index contributed by atoms with van der Waals surface area (Å²) in [5, 5.41) is 10.6. The lowest BCUT2D eigenvalue weighted by Gasteiger charge is -2.44. The van der Waals surface area contributed by atoms with Gasteiger partial charge in [-0.05, 0) is 43.0 Å². The van der Waals surface area contributed by atoms with Crippen LogP contribution in [0.5, 0.6) is 0 Å². The highest BCUT2D eigenvalue weighted by molar-refractivity contribution is 7.99. The number of likely N-dealkylation sites (tertiary alicyclic amines) is 1. The molecule has 24 heavy (non-hydrogen) atoms. The van der Waals surface area contributed by atoms with Gasteiger partial charge in [-0.2, -0.15) is 0 Å². The Morgan fingerprint density at radius 1 is 1.29 bits per heavy atom. The number of thiophene rings is 1. The van der Waals surface area contributed by atoms with Gasteiger partial charge < -0.3 is 9.32 Å². The maximum absolute atomic E-state index is 12.7. The molecule has 1 aliphatic heterocycles. The first-order chi connectivity index (χ1) is 11.8. The SMILES string of the molecule is O=C(CSc1nnc(-c2cccs2)o1)N1CCCC2CCCCC21. The third-order valence-electron chi connectivity index (χ3n) is 5.02. The molecule has 0 spiro atoms. The van der Waals surface area contributed by atoms with E-state index in [9.17, 15) is 4.79 Å². The van der Waals surface area contributed by atoms with Gasteiger partial charge in [0.15, 0.2) is 0 Å². The minimum absolute atomic E-state index is 0.215. The second-order valence-corrected chi connectivity index (χ2v) is 8.35. The van der Waals surface area contributed by atoms with E-state index in [1.165, 1.54) is 43.9 Å². The van der Waals surface area contributed by atoms with E-state index in [-0.39, 0.29) is 5.91 Å². The summed E-state index contributed by atoms with van der Waals surface area (Å²) >= 11 is 2.92. The topological polar surface area (TPSA) is 59.2 Å². The number of carbonyl (C=O) groups is 1. The van der Waals surface area contributed by atoms with Crippen molar-refractivity contribution in [3.05, 3.63) is 17.5 Å². The number of rotatable bonds is 4. The highest BCUT2D eigenvalue weighted by Crippen LogP contribution is 2.36. The quantitative estimate of drug-likeness (QED) is 0.766. The molecule has 0 bridgehead atoms. The Balaban J connectivity index is 1.36. The molecule has 1 saturated carbocycles. The fourth-order valence-electron chi connectivity index (χ4n) is 3.91. The third kappa shape index (κ3) is 3.37. The molecule has 2 aromatic rings. The van der Waals surface area contributed by atoms with Gasteiger partial charge in [0.25, 0.3) is 11.1 Å². The Kier molecular flexibility index (Phi) is 4.89. The van der Waals surface area contributed by atoms with Crippen molar-refractivity contribution in [2.45, 2.75) is 49.8 Å². The fourth-order valence-corrected chi connectivity index (χ4v) is 5.20. The van der Waals surface area contributed by atoms with Gasteiger partial charge in [0.2, 0.25) is 5.91 Å². The lowest BCUT2D eigenvalue weighted by atomic mass is 9.78. The van der Waals surface area contributed by atoms with Gasteiger partial charge >= 0.3 is 0 Å². The summed E-state index contributed by atoms with van der Waals surface area (Å²) in [6, 6.07) is 4.37. The molecule has 0 aromatic carbocycles. The first kappa shape index (κ1) is 16.1. The second kappa shape index (κ2) is 7.27. The van der Waals surface area contributed by atoms with E-state index in [4.69, 9.17) is 4.42 Å². The zero-order valence-corrected chi connectivity index (χ0v) is 15.2. The van der Waals surface area contributed by atoms with E-state index in [1.54, 1.807) is 11.3 Å². The van der Waals surface area contributed by atoms with E-state index in [1.807, 2.05) is 17.5 Å². The molecule has 0 radical (unpaired) electrons. The zero-order valence-electron chi connectivity index (χ0n) is 13.5. The molecule has 0 N–H and O–H groups in total. The molecule has 1 amide bonds. The van der Waals surface area contributed by atoms with Gasteiger partial charge in [0, 0.05) is 12.6 Å². The summed E-state index contributed by atoms with van der Waals surface area (Å²) in [5.74, 6) is 1.85. The van der Waals surface area contributed by atoms with Crippen LogP contribution in [0.15, 0.2) is 27.2 Å². The maximum Gasteiger partial charge on any atom is 0.277 e. The number of nitrogens with zero attached hydrogens (tertiary/aromatic N) is 3. The smallest absolute Gasteiger partial charge is 0.277 e. The molecule has 7 heteroatoms. The van der Waals surface area contributed by atoms with Crippen LogP contribution in [0.4, 0.5) is 0 Å². The van der Waals surface area contributed by atoms with E-state index in [0.717, 1.165) is 23.8 Å². The first-order valence-electron chi connectivity index (χ1n) is 8.61. The Bertz CT molecular complexity index is 684. The normalized spacial score (nSPS) is 23.9. The molecule has 3 heterocycles. The Morgan fingerprint density at radius 3 is 3.04 bits per heavy atom. The summed E-state index contributed by atoms with van der Waals surface area (Å²) in [6.07, 6.45) is 7.47. The largest absolute Gasteiger partial charge is 0.410 e. The Hall–Kier alpha value is -1.34. The number of hydrogen-bond donors (Lipinski definition) is 0. The summed E-state index contributed by atoms with van der Waals surface area (Å²) in [4.78, 5) is 15.8. The minimum Gasteiger partial charge on any atom is -0.410 e. The fraction of sp³-hybridized carbons (Fsp3) is 0.588. The number of aromatic nitrogens is 2. The van der Waals surface area contributed by atoms with Gasteiger partial charge in [0.05, 0.1) is 10.6 Å². The van der Waals surface area contributed by atoms with Crippen LogP contribution in [0.1, 0.15) is 38.5 Å².